The summed E-state index contributed by atoms with van der Waals surface area (Å²) in [6.07, 6.45) is -0.763. The molecule has 0 spiro atoms. The maximum absolute atomic E-state index is 12.0. The first kappa shape index (κ1) is 12.8. The molecule has 0 aliphatic carbocycles. The van der Waals surface area contributed by atoms with Gasteiger partial charge in [0.05, 0.1) is 18.1 Å². The van der Waals surface area contributed by atoms with Crippen molar-refractivity contribution in [1.82, 2.24) is 4.90 Å². The molecule has 2 rings (SSSR count). The second-order valence-corrected chi connectivity index (χ2v) is 5.10. The number of carbonyl (C=O) groups is 2. The molecule has 4 atom stereocenters. The van der Waals surface area contributed by atoms with Crippen LogP contribution >= 0.6 is 0 Å². The summed E-state index contributed by atoms with van der Waals surface area (Å²) >= 11 is 0. The van der Waals surface area contributed by atoms with Crippen LogP contribution in [0.25, 0.3) is 0 Å². The maximum Gasteiger partial charge on any atom is 0.352 e. The van der Waals surface area contributed by atoms with E-state index >= 15 is 0 Å². The molecule has 98 valence electrons. The molecule has 5 heteroatoms. The number of nitrogens with zero attached hydrogens (tertiary/aromatic N) is 1. The smallest absolute Gasteiger partial charge is 0.352 e. The molecule has 0 unspecified atom stereocenters. The molecule has 0 aromatic carbocycles. The molecule has 2 aliphatic heterocycles. The van der Waals surface area contributed by atoms with Crippen LogP contribution in [0.4, 0.5) is 0 Å². The Balaban J connectivity index is 2.47. The Kier molecular flexibility index (Phi) is 2.81. The van der Waals surface area contributed by atoms with Crippen molar-refractivity contribution in [3.63, 3.8) is 0 Å². The molecule has 18 heavy (non-hydrogen) atoms. The fourth-order valence-corrected chi connectivity index (χ4v) is 3.14. The van der Waals surface area contributed by atoms with E-state index in [1.807, 2.05) is 6.92 Å². The van der Waals surface area contributed by atoms with Crippen molar-refractivity contribution in [1.29, 1.82) is 0 Å². The van der Waals surface area contributed by atoms with Crippen molar-refractivity contribution < 1.29 is 19.8 Å². The van der Waals surface area contributed by atoms with Crippen LogP contribution in [0.2, 0.25) is 0 Å². The van der Waals surface area contributed by atoms with Gasteiger partial charge in [-0.2, -0.15) is 0 Å². The van der Waals surface area contributed by atoms with Crippen LogP contribution in [0, 0.1) is 11.8 Å². The van der Waals surface area contributed by atoms with Crippen LogP contribution in [0.1, 0.15) is 20.8 Å². The normalized spacial score (nSPS) is 32.1. The third-order valence-corrected chi connectivity index (χ3v) is 3.83. The van der Waals surface area contributed by atoms with Crippen molar-refractivity contribution in [3.8, 4) is 0 Å². The van der Waals surface area contributed by atoms with Crippen LogP contribution < -0.4 is 0 Å². The van der Waals surface area contributed by atoms with Gasteiger partial charge in [0.2, 0.25) is 5.91 Å². The molecular formula is C13H17NO4. The van der Waals surface area contributed by atoms with Crippen molar-refractivity contribution in [2.75, 3.05) is 0 Å². The Hall–Kier alpha value is -1.62. The van der Waals surface area contributed by atoms with Crippen molar-refractivity contribution in [3.05, 3.63) is 23.4 Å². The number of carboxylic acid groups (broad SMARTS) is 1. The first-order chi connectivity index (χ1) is 8.29. The predicted molar refractivity (Wildman–Crippen MR) is 64.4 cm³/mol. The lowest BCUT2D eigenvalue weighted by molar-refractivity contribution is -0.163. The minimum Gasteiger partial charge on any atom is -0.477 e. The van der Waals surface area contributed by atoms with Crippen LogP contribution in [0.15, 0.2) is 23.4 Å². The Labute approximate surface area is 105 Å². The fourth-order valence-electron chi connectivity index (χ4n) is 3.14. The number of aliphatic hydroxyl groups excluding tert-OH is 1. The van der Waals surface area contributed by atoms with E-state index in [1.165, 1.54) is 4.90 Å². The average Bonchev–Trinajstić information content (AvgIpc) is 2.47. The number of rotatable bonds is 3. The number of carboxylic acids is 1. The number of hydrogen-bond acceptors (Lipinski definition) is 3. The van der Waals surface area contributed by atoms with Gasteiger partial charge >= 0.3 is 5.97 Å². The van der Waals surface area contributed by atoms with E-state index in [4.69, 9.17) is 0 Å². The minimum atomic E-state index is -1.11. The Morgan fingerprint density at radius 3 is 2.44 bits per heavy atom. The second kappa shape index (κ2) is 3.95. The fraction of sp³-hybridized carbons (Fsp3) is 0.538. The van der Waals surface area contributed by atoms with Gasteiger partial charge in [-0.05, 0) is 19.4 Å². The third-order valence-electron chi connectivity index (χ3n) is 3.83. The van der Waals surface area contributed by atoms with E-state index in [1.54, 1.807) is 13.8 Å². The van der Waals surface area contributed by atoms with Gasteiger partial charge < -0.3 is 15.1 Å². The van der Waals surface area contributed by atoms with Crippen molar-refractivity contribution >= 4 is 11.9 Å². The molecule has 0 bridgehead atoms. The van der Waals surface area contributed by atoms with E-state index in [-0.39, 0.29) is 23.6 Å². The van der Waals surface area contributed by atoms with Crippen LogP contribution in [-0.2, 0) is 9.59 Å². The molecule has 0 saturated carbocycles. The highest BCUT2D eigenvalue weighted by Gasteiger charge is 2.59. The highest BCUT2D eigenvalue weighted by Crippen LogP contribution is 2.48. The topological polar surface area (TPSA) is 77.8 Å². The van der Waals surface area contributed by atoms with Crippen LogP contribution in [-0.4, -0.2) is 39.1 Å². The summed E-state index contributed by atoms with van der Waals surface area (Å²) in [7, 11) is 0. The summed E-state index contributed by atoms with van der Waals surface area (Å²) < 4.78 is 0. The van der Waals surface area contributed by atoms with Crippen LogP contribution in [0.3, 0.4) is 0 Å². The summed E-state index contributed by atoms with van der Waals surface area (Å²) in [5.74, 6) is -2.03. The number of carbonyl (C=O) groups excluding carboxylic acids is 1. The number of aliphatic carboxylic acids is 1. The number of amides is 1. The second-order valence-electron chi connectivity index (χ2n) is 5.10. The summed E-state index contributed by atoms with van der Waals surface area (Å²) in [5.41, 5.74) is 1.30. The van der Waals surface area contributed by atoms with Gasteiger partial charge in [0.1, 0.15) is 5.70 Å². The van der Waals surface area contributed by atoms with Gasteiger partial charge in [0.25, 0.3) is 0 Å². The summed E-state index contributed by atoms with van der Waals surface area (Å²) in [6, 6.07) is -0.254. The number of allylic oxidation sites excluding steroid dienone is 1. The quantitative estimate of drug-likeness (QED) is 0.726. The molecule has 2 N–H and O–H groups in total. The molecular weight excluding hydrogens is 234 g/mol. The first-order valence-electron chi connectivity index (χ1n) is 5.93. The number of hydrogen-bond donors (Lipinski definition) is 2. The lowest BCUT2D eigenvalue weighted by Gasteiger charge is -2.46. The first-order valence-corrected chi connectivity index (χ1v) is 5.93. The predicted octanol–water partition coefficient (Wildman–Crippen LogP) is 0.759. The van der Waals surface area contributed by atoms with Gasteiger partial charge in [-0.15, -0.1) is 0 Å². The monoisotopic (exact) mass is 251 g/mol. The minimum absolute atomic E-state index is 0.0295. The van der Waals surface area contributed by atoms with Gasteiger partial charge in [-0.1, -0.05) is 19.1 Å². The van der Waals surface area contributed by atoms with E-state index < -0.39 is 18.0 Å². The molecule has 0 radical (unpaired) electrons. The third kappa shape index (κ3) is 1.43. The Morgan fingerprint density at radius 2 is 2.06 bits per heavy atom. The lowest BCUT2D eigenvalue weighted by Crippen LogP contribution is -2.63. The van der Waals surface area contributed by atoms with E-state index in [9.17, 15) is 19.8 Å². The zero-order chi connectivity index (χ0) is 13.8. The number of aliphatic hydroxyl groups is 1. The molecule has 1 fully saturated rings. The SMILES string of the molecule is C=C(C)C1=C(C(=O)O)N2C(=O)[C@@H]([C@@H](C)O)[C@H]2[C@H]1C. The van der Waals surface area contributed by atoms with Gasteiger partial charge in [0.15, 0.2) is 0 Å². The summed E-state index contributed by atoms with van der Waals surface area (Å²) in [5, 5.41) is 18.9. The molecule has 1 amide bonds. The largest absolute Gasteiger partial charge is 0.477 e. The number of fused-ring (bicyclic) bond motifs is 1. The van der Waals surface area contributed by atoms with Crippen molar-refractivity contribution in [2.24, 2.45) is 11.8 Å². The highest BCUT2D eigenvalue weighted by atomic mass is 16.4. The molecule has 0 aromatic heterocycles. The molecule has 5 nitrogen and oxygen atoms in total. The van der Waals surface area contributed by atoms with Gasteiger partial charge in [-0.25, -0.2) is 4.79 Å². The van der Waals surface area contributed by atoms with Crippen LogP contribution in [0.5, 0.6) is 0 Å². The molecule has 1 saturated heterocycles. The average molecular weight is 251 g/mol. The van der Waals surface area contributed by atoms with E-state index in [2.05, 4.69) is 6.58 Å². The van der Waals surface area contributed by atoms with Gasteiger partial charge in [-0.3, -0.25) is 4.79 Å². The molecule has 0 aromatic rings. The maximum atomic E-state index is 12.0. The highest BCUT2D eigenvalue weighted by molar-refractivity contribution is 6.00. The standard InChI is InChI=1S/C13H17NO4/c1-5(2)8-6(3)10-9(7(4)15)12(16)14(10)11(8)13(17)18/h6-7,9-10,15H,1H2,2-4H3,(H,17,18)/t6-,7+,9-,10+/m0/s1. The van der Waals surface area contributed by atoms with E-state index in [0.717, 1.165) is 0 Å². The summed E-state index contributed by atoms with van der Waals surface area (Å²) in [4.78, 5) is 24.6. The zero-order valence-corrected chi connectivity index (χ0v) is 10.7. The van der Waals surface area contributed by atoms with E-state index in [0.29, 0.717) is 11.1 Å². The lowest BCUT2D eigenvalue weighted by atomic mass is 9.77. The van der Waals surface area contributed by atoms with Crippen molar-refractivity contribution in [2.45, 2.75) is 32.9 Å². The Bertz CT molecular complexity index is 477. The zero-order valence-electron chi connectivity index (χ0n) is 10.7. The number of β-lactam (4-membered cyclic amide) rings is 1. The molecule has 2 heterocycles. The Morgan fingerprint density at radius 1 is 1.50 bits per heavy atom. The summed E-state index contributed by atoms with van der Waals surface area (Å²) in [6.45, 7) is 8.96. The van der Waals surface area contributed by atoms with Gasteiger partial charge in [0, 0.05) is 5.92 Å². The molecule has 2 aliphatic rings.